The molecule has 1 aliphatic rings. The topological polar surface area (TPSA) is 23.8 Å². The van der Waals surface area contributed by atoms with Gasteiger partial charge in [0.05, 0.1) is 8.07 Å². The fraction of sp³-hybridized carbons (Fsp3) is 0.600. The minimum Gasteiger partial charge on any atom is -0.255 e. The maximum absolute atomic E-state index is 7.75. The third-order valence-electron chi connectivity index (χ3n) is 3.98. The summed E-state index contributed by atoms with van der Waals surface area (Å²) < 4.78 is 0. The molecule has 0 amide bonds. The van der Waals surface area contributed by atoms with Crippen LogP contribution >= 0.6 is 0 Å². The second kappa shape index (κ2) is 4.95. The Labute approximate surface area is 106 Å². The van der Waals surface area contributed by atoms with Gasteiger partial charge in [0.25, 0.3) is 0 Å². The van der Waals surface area contributed by atoms with Crippen molar-refractivity contribution < 1.29 is 0 Å². The summed E-state index contributed by atoms with van der Waals surface area (Å²) in [4.78, 5) is 0. The van der Waals surface area contributed by atoms with Crippen molar-refractivity contribution in [3.63, 3.8) is 0 Å². The van der Waals surface area contributed by atoms with E-state index in [0.717, 1.165) is 12.8 Å². The second-order valence-electron chi connectivity index (χ2n) is 6.42. The van der Waals surface area contributed by atoms with Crippen LogP contribution < -0.4 is 10.9 Å². The van der Waals surface area contributed by atoms with E-state index in [-0.39, 0.29) is 6.04 Å². The lowest BCUT2D eigenvalue weighted by atomic mass is 9.82. The zero-order valence-electron chi connectivity index (χ0n) is 11.3. The largest absolute Gasteiger partial charge is 0.255 e. The van der Waals surface area contributed by atoms with Crippen LogP contribution in [0, 0.1) is 0 Å². The standard InChI is InChI=1S/C15H24NSi/c1-17(2,3)15-10-6-13(7-11-15)12-4-8-14(16)9-5-12/h6-7,10-12,14,16H,4-5,8-9H2,1-3H3. The lowest BCUT2D eigenvalue weighted by Gasteiger charge is -2.26. The molecule has 1 aromatic rings. The van der Waals surface area contributed by atoms with Gasteiger partial charge in [-0.2, -0.15) is 0 Å². The SMILES string of the molecule is C[Si](C)(C)c1ccc(C2CCC([NH])CC2)cc1. The predicted octanol–water partition coefficient (Wildman–Crippen LogP) is 3.54. The lowest BCUT2D eigenvalue weighted by molar-refractivity contribution is 0.388. The molecule has 93 valence electrons. The monoisotopic (exact) mass is 246 g/mol. The van der Waals surface area contributed by atoms with Gasteiger partial charge in [0.1, 0.15) is 0 Å². The summed E-state index contributed by atoms with van der Waals surface area (Å²) in [6, 6.07) is 9.56. The quantitative estimate of drug-likeness (QED) is 0.713. The number of benzene rings is 1. The molecule has 1 N–H and O–H groups in total. The maximum atomic E-state index is 7.75. The first-order chi connectivity index (χ1) is 7.97. The summed E-state index contributed by atoms with van der Waals surface area (Å²) in [5, 5.41) is 1.55. The van der Waals surface area contributed by atoms with Crippen molar-refractivity contribution in [2.75, 3.05) is 0 Å². The fourth-order valence-corrected chi connectivity index (χ4v) is 3.85. The summed E-state index contributed by atoms with van der Waals surface area (Å²) in [5.41, 5.74) is 9.24. The molecule has 1 aliphatic carbocycles. The van der Waals surface area contributed by atoms with E-state index in [4.69, 9.17) is 5.73 Å². The Balaban J connectivity index is 2.08. The number of rotatable bonds is 2. The van der Waals surface area contributed by atoms with Crippen molar-refractivity contribution in [3.8, 4) is 0 Å². The number of nitrogens with one attached hydrogen (secondary N) is 1. The molecule has 0 atom stereocenters. The Kier molecular flexibility index (Phi) is 3.74. The number of hydrogen-bond acceptors (Lipinski definition) is 0. The van der Waals surface area contributed by atoms with Gasteiger partial charge < -0.3 is 0 Å². The van der Waals surface area contributed by atoms with Gasteiger partial charge in [0, 0.05) is 6.04 Å². The van der Waals surface area contributed by atoms with Gasteiger partial charge in [0.2, 0.25) is 0 Å². The van der Waals surface area contributed by atoms with Crippen molar-refractivity contribution in [2.45, 2.75) is 57.3 Å². The molecule has 0 bridgehead atoms. The molecule has 0 aliphatic heterocycles. The van der Waals surface area contributed by atoms with Crippen LogP contribution in [0.25, 0.3) is 0 Å². The minimum atomic E-state index is -1.15. The van der Waals surface area contributed by atoms with Crippen LogP contribution in [0.1, 0.15) is 37.2 Å². The van der Waals surface area contributed by atoms with E-state index >= 15 is 0 Å². The van der Waals surface area contributed by atoms with Gasteiger partial charge in [-0.25, -0.2) is 0 Å². The molecule has 1 nitrogen and oxygen atoms in total. The van der Waals surface area contributed by atoms with Crippen LogP contribution in [-0.2, 0) is 0 Å². The molecule has 1 fully saturated rings. The fourth-order valence-electron chi connectivity index (χ4n) is 2.68. The van der Waals surface area contributed by atoms with Gasteiger partial charge in [0.15, 0.2) is 0 Å². The van der Waals surface area contributed by atoms with Crippen molar-refractivity contribution >= 4 is 13.3 Å². The average Bonchev–Trinajstić information content (AvgIpc) is 2.29. The van der Waals surface area contributed by atoms with Gasteiger partial charge in [-0.3, -0.25) is 5.73 Å². The Morgan fingerprint density at radius 3 is 1.94 bits per heavy atom. The smallest absolute Gasteiger partial charge is 0.0775 e. The Morgan fingerprint density at radius 2 is 1.47 bits per heavy atom. The average molecular weight is 246 g/mol. The van der Waals surface area contributed by atoms with Crippen LogP contribution in [0.3, 0.4) is 0 Å². The van der Waals surface area contributed by atoms with E-state index in [0.29, 0.717) is 5.92 Å². The molecule has 0 heterocycles. The third kappa shape index (κ3) is 3.20. The second-order valence-corrected chi connectivity index (χ2v) is 11.5. The first-order valence-electron chi connectivity index (χ1n) is 6.78. The van der Waals surface area contributed by atoms with Gasteiger partial charge in [-0.1, -0.05) is 49.1 Å². The molecule has 17 heavy (non-hydrogen) atoms. The van der Waals surface area contributed by atoms with Crippen LogP contribution in [0.4, 0.5) is 0 Å². The highest BCUT2D eigenvalue weighted by Crippen LogP contribution is 2.32. The summed E-state index contributed by atoms with van der Waals surface area (Å²) >= 11 is 0. The summed E-state index contributed by atoms with van der Waals surface area (Å²) in [7, 11) is -1.15. The first-order valence-corrected chi connectivity index (χ1v) is 10.3. The van der Waals surface area contributed by atoms with E-state index in [1.165, 1.54) is 18.4 Å². The molecule has 1 radical (unpaired) electrons. The van der Waals surface area contributed by atoms with Crippen LogP contribution in [-0.4, -0.2) is 14.1 Å². The van der Waals surface area contributed by atoms with E-state index in [1.54, 1.807) is 5.19 Å². The molecule has 0 aromatic heterocycles. The molecule has 2 heteroatoms. The predicted molar refractivity (Wildman–Crippen MR) is 77.5 cm³/mol. The van der Waals surface area contributed by atoms with E-state index in [2.05, 4.69) is 43.9 Å². The van der Waals surface area contributed by atoms with Crippen LogP contribution in [0.5, 0.6) is 0 Å². The van der Waals surface area contributed by atoms with Crippen LogP contribution in [0.15, 0.2) is 24.3 Å². The molecule has 2 rings (SSSR count). The van der Waals surface area contributed by atoms with Gasteiger partial charge in [-0.05, 0) is 37.2 Å². The maximum Gasteiger partial charge on any atom is 0.0775 e. The molecule has 1 aromatic carbocycles. The highest BCUT2D eigenvalue weighted by Gasteiger charge is 2.21. The first kappa shape index (κ1) is 12.8. The normalized spacial score (nSPS) is 25.9. The molecule has 0 unspecified atom stereocenters. The third-order valence-corrected chi connectivity index (χ3v) is 6.04. The van der Waals surface area contributed by atoms with Crippen molar-refractivity contribution in [1.29, 1.82) is 0 Å². The number of hydrogen-bond donors (Lipinski definition) is 0. The van der Waals surface area contributed by atoms with Crippen molar-refractivity contribution in [3.05, 3.63) is 29.8 Å². The zero-order chi connectivity index (χ0) is 12.5. The molecular weight excluding hydrogens is 222 g/mol. The van der Waals surface area contributed by atoms with E-state index in [9.17, 15) is 0 Å². The Bertz CT molecular complexity index is 356. The van der Waals surface area contributed by atoms with Gasteiger partial charge >= 0.3 is 0 Å². The zero-order valence-corrected chi connectivity index (χ0v) is 12.3. The van der Waals surface area contributed by atoms with Crippen LogP contribution in [0.2, 0.25) is 19.6 Å². The van der Waals surface area contributed by atoms with Crippen molar-refractivity contribution in [2.24, 2.45) is 0 Å². The van der Waals surface area contributed by atoms with E-state index < -0.39 is 8.07 Å². The highest BCUT2D eigenvalue weighted by atomic mass is 28.3. The van der Waals surface area contributed by atoms with E-state index in [1.807, 2.05) is 0 Å². The minimum absolute atomic E-state index is 0.201. The highest BCUT2D eigenvalue weighted by molar-refractivity contribution is 6.88. The molecule has 0 spiro atoms. The summed E-state index contributed by atoms with van der Waals surface area (Å²) in [6.07, 6.45) is 4.59. The molecule has 1 saturated carbocycles. The van der Waals surface area contributed by atoms with Gasteiger partial charge in [-0.15, -0.1) is 0 Å². The Hall–Kier alpha value is -0.603. The summed E-state index contributed by atoms with van der Waals surface area (Å²) in [5.74, 6) is 0.715. The molecular formula is C15H24NSi. The van der Waals surface area contributed by atoms with Crippen molar-refractivity contribution in [1.82, 2.24) is 5.73 Å². The lowest BCUT2D eigenvalue weighted by Crippen LogP contribution is -2.37. The molecule has 0 saturated heterocycles. The summed E-state index contributed by atoms with van der Waals surface area (Å²) in [6.45, 7) is 7.19. The Morgan fingerprint density at radius 1 is 0.941 bits per heavy atom.